The van der Waals surface area contributed by atoms with Crippen molar-refractivity contribution in [1.29, 1.82) is 0 Å². The molecule has 1 fully saturated rings. The van der Waals surface area contributed by atoms with Crippen LogP contribution in [-0.2, 0) is 17.7 Å². The second-order valence-electron chi connectivity index (χ2n) is 8.99. The Hall–Kier alpha value is -3.55. The monoisotopic (exact) mass is 473 g/mol. The van der Waals surface area contributed by atoms with Crippen molar-refractivity contribution in [3.63, 3.8) is 0 Å². The summed E-state index contributed by atoms with van der Waals surface area (Å²) in [6.45, 7) is 0.280. The lowest BCUT2D eigenvalue weighted by atomic mass is 10.0. The van der Waals surface area contributed by atoms with Gasteiger partial charge >= 0.3 is 5.97 Å². The molecule has 2 N–H and O–H groups in total. The number of nitrogens with zero attached hydrogens (tertiary/aromatic N) is 2. The van der Waals surface area contributed by atoms with E-state index in [1.165, 1.54) is 13.3 Å². The molecular weight excluding hydrogens is 442 g/mol. The van der Waals surface area contributed by atoms with E-state index < -0.39 is 12.1 Å². The van der Waals surface area contributed by atoms with Crippen LogP contribution in [-0.4, -0.2) is 53.1 Å². The molecule has 0 saturated carbocycles. The highest BCUT2D eigenvalue weighted by molar-refractivity contribution is 5.94. The third kappa shape index (κ3) is 6.12. The third-order valence-electron chi connectivity index (χ3n) is 6.46. The Labute approximate surface area is 205 Å². The molecule has 3 aromatic rings. The summed E-state index contributed by atoms with van der Waals surface area (Å²) in [5.41, 5.74) is 3.69. The molecule has 1 saturated heterocycles. The number of esters is 1. The van der Waals surface area contributed by atoms with Crippen LogP contribution >= 0.6 is 0 Å². The maximum absolute atomic E-state index is 12.9. The van der Waals surface area contributed by atoms with E-state index in [0.717, 1.165) is 30.4 Å². The Morgan fingerprint density at radius 1 is 1.09 bits per heavy atom. The van der Waals surface area contributed by atoms with Gasteiger partial charge in [-0.3, -0.25) is 9.78 Å². The van der Waals surface area contributed by atoms with Gasteiger partial charge in [0, 0.05) is 30.9 Å². The zero-order valence-corrected chi connectivity index (χ0v) is 20.1. The van der Waals surface area contributed by atoms with Crippen molar-refractivity contribution in [2.45, 2.75) is 44.0 Å². The van der Waals surface area contributed by atoms with Crippen molar-refractivity contribution in [2.75, 3.05) is 14.2 Å². The second-order valence-corrected chi connectivity index (χ2v) is 8.99. The number of ether oxygens (including phenoxy) is 1. The fraction of sp³-hybridized carbons (Fsp3) is 0.321. The van der Waals surface area contributed by atoms with E-state index in [-0.39, 0.29) is 24.5 Å². The van der Waals surface area contributed by atoms with Crippen LogP contribution in [0.25, 0.3) is 0 Å². The maximum Gasteiger partial charge on any atom is 0.337 e. The summed E-state index contributed by atoms with van der Waals surface area (Å²) in [6.07, 6.45) is 3.78. The molecule has 0 bridgehead atoms. The zero-order chi connectivity index (χ0) is 24.8. The van der Waals surface area contributed by atoms with Gasteiger partial charge in [0.1, 0.15) is 0 Å². The van der Waals surface area contributed by atoms with Crippen molar-refractivity contribution in [3.05, 3.63) is 101 Å². The normalized spacial score (nSPS) is 18.1. The fourth-order valence-electron chi connectivity index (χ4n) is 4.56. The quantitative estimate of drug-likeness (QED) is 0.487. The Morgan fingerprint density at radius 3 is 2.54 bits per heavy atom. The van der Waals surface area contributed by atoms with Crippen LogP contribution < -0.4 is 5.32 Å². The maximum atomic E-state index is 12.9. The lowest BCUT2D eigenvalue weighted by molar-refractivity contribution is 0.0600. The SMILES string of the molecule is COC(=O)c1ccnc(CN(C)C(=O)c2ccc(C[C@@H]3CC[C@H]([C@H](O)c4ccccc4)N3)cc2)c1. The van der Waals surface area contributed by atoms with Gasteiger partial charge in [0.2, 0.25) is 0 Å². The third-order valence-corrected chi connectivity index (χ3v) is 6.46. The number of hydrogen-bond acceptors (Lipinski definition) is 6. The zero-order valence-electron chi connectivity index (χ0n) is 20.1. The number of nitrogens with one attached hydrogen (secondary N) is 1. The number of benzene rings is 2. The predicted octanol–water partition coefficient (Wildman–Crippen LogP) is 3.54. The van der Waals surface area contributed by atoms with Crippen LogP contribution in [0.4, 0.5) is 0 Å². The lowest BCUT2D eigenvalue weighted by Crippen LogP contribution is -2.35. The van der Waals surface area contributed by atoms with E-state index in [4.69, 9.17) is 4.74 Å². The predicted molar refractivity (Wildman–Crippen MR) is 133 cm³/mol. The van der Waals surface area contributed by atoms with Crippen LogP contribution in [0.2, 0.25) is 0 Å². The van der Waals surface area contributed by atoms with Gasteiger partial charge < -0.3 is 20.1 Å². The summed E-state index contributed by atoms with van der Waals surface area (Å²) in [5.74, 6) is -0.553. The number of carbonyl (C=O) groups excluding carboxylic acids is 2. The van der Waals surface area contributed by atoms with Gasteiger partial charge in [-0.1, -0.05) is 42.5 Å². The number of aliphatic hydroxyl groups is 1. The van der Waals surface area contributed by atoms with Crippen LogP contribution in [0.3, 0.4) is 0 Å². The number of aromatic nitrogens is 1. The lowest BCUT2D eigenvalue weighted by Gasteiger charge is -2.20. The number of hydrogen-bond donors (Lipinski definition) is 2. The Kier molecular flexibility index (Phi) is 7.90. The number of carbonyl (C=O) groups is 2. The number of pyridine rings is 1. The van der Waals surface area contributed by atoms with Crippen molar-refractivity contribution in [3.8, 4) is 0 Å². The van der Waals surface area contributed by atoms with Crippen LogP contribution in [0.15, 0.2) is 72.9 Å². The molecule has 2 aromatic carbocycles. The average Bonchev–Trinajstić information content (AvgIpc) is 3.36. The summed E-state index contributed by atoms with van der Waals surface area (Å²) in [4.78, 5) is 30.5. The van der Waals surface area contributed by atoms with Gasteiger partial charge in [0.05, 0.1) is 31.0 Å². The summed E-state index contributed by atoms with van der Waals surface area (Å²) in [5, 5.41) is 14.3. The molecule has 182 valence electrons. The van der Waals surface area contributed by atoms with Crippen molar-refractivity contribution >= 4 is 11.9 Å². The molecule has 1 aliphatic rings. The van der Waals surface area contributed by atoms with Gasteiger partial charge in [-0.2, -0.15) is 0 Å². The Balaban J connectivity index is 1.31. The van der Waals surface area contributed by atoms with E-state index in [2.05, 4.69) is 10.3 Å². The Bertz CT molecular complexity index is 1150. The molecule has 0 aliphatic carbocycles. The molecule has 1 aliphatic heterocycles. The summed E-state index contributed by atoms with van der Waals surface area (Å²) >= 11 is 0. The van der Waals surface area contributed by atoms with Crippen LogP contribution in [0, 0.1) is 0 Å². The summed E-state index contributed by atoms with van der Waals surface area (Å²) in [6, 6.07) is 21.0. The summed E-state index contributed by atoms with van der Waals surface area (Å²) < 4.78 is 4.75. The van der Waals surface area contributed by atoms with Crippen molar-refractivity contribution in [1.82, 2.24) is 15.2 Å². The first kappa shape index (κ1) is 24.6. The van der Waals surface area contributed by atoms with Gasteiger partial charge in [0.15, 0.2) is 0 Å². The number of rotatable bonds is 8. The highest BCUT2D eigenvalue weighted by Crippen LogP contribution is 2.26. The van der Waals surface area contributed by atoms with E-state index in [1.54, 1.807) is 24.1 Å². The molecule has 7 nitrogen and oxygen atoms in total. The molecule has 0 radical (unpaired) electrons. The topological polar surface area (TPSA) is 91.8 Å². The van der Waals surface area contributed by atoms with E-state index in [1.807, 2.05) is 54.6 Å². The van der Waals surface area contributed by atoms with E-state index in [9.17, 15) is 14.7 Å². The summed E-state index contributed by atoms with van der Waals surface area (Å²) in [7, 11) is 3.04. The number of amides is 1. The molecule has 1 aromatic heterocycles. The van der Waals surface area contributed by atoms with E-state index in [0.29, 0.717) is 16.8 Å². The van der Waals surface area contributed by atoms with Gasteiger partial charge in [-0.25, -0.2) is 4.79 Å². The van der Waals surface area contributed by atoms with Gasteiger partial charge in [-0.05, 0) is 54.7 Å². The standard InChI is InChI=1S/C28H31N3O4/c1-31(18-24-17-22(14-15-29-24)28(34)35-2)27(33)21-10-8-19(9-11-21)16-23-12-13-25(30-23)26(32)20-6-4-3-5-7-20/h3-11,14-15,17,23,25-26,30,32H,12-13,16,18H2,1-2H3/t23-,25+,26+/m0/s1. The fourth-order valence-corrected chi connectivity index (χ4v) is 4.56. The van der Waals surface area contributed by atoms with Crippen LogP contribution in [0.1, 0.15) is 56.5 Å². The minimum Gasteiger partial charge on any atom is -0.465 e. The van der Waals surface area contributed by atoms with Gasteiger partial charge in [0.25, 0.3) is 5.91 Å². The highest BCUT2D eigenvalue weighted by Gasteiger charge is 2.29. The second kappa shape index (κ2) is 11.3. The van der Waals surface area contributed by atoms with Crippen molar-refractivity contribution < 1.29 is 19.4 Å². The smallest absolute Gasteiger partial charge is 0.337 e. The molecular formula is C28H31N3O4. The van der Waals surface area contributed by atoms with Crippen LogP contribution in [0.5, 0.6) is 0 Å². The molecule has 0 unspecified atom stereocenters. The van der Waals surface area contributed by atoms with Crippen molar-refractivity contribution in [2.24, 2.45) is 0 Å². The van der Waals surface area contributed by atoms with E-state index >= 15 is 0 Å². The first-order valence-electron chi connectivity index (χ1n) is 11.8. The molecule has 4 rings (SSSR count). The molecule has 2 heterocycles. The molecule has 3 atom stereocenters. The molecule has 7 heteroatoms. The molecule has 35 heavy (non-hydrogen) atoms. The average molecular weight is 474 g/mol. The highest BCUT2D eigenvalue weighted by atomic mass is 16.5. The first-order chi connectivity index (χ1) is 16.9. The first-order valence-corrected chi connectivity index (χ1v) is 11.8. The van der Waals surface area contributed by atoms with Gasteiger partial charge in [-0.15, -0.1) is 0 Å². The number of aliphatic hydroxyl groups excluding tert-OH is 1. The molecule has 0 spiro atoms. The number of methoxy groups -OCH3 is 1. The minimum atomic E-state index is -0.514. The minimum absolute atomic E-state index is 0.0446. The molecule has 1 amide bonds. The largest absolute Gasteiger partial charge is 0.465 e. The Morgan fingerprint density at radius 2 is 1.83 bits per heavy atom.